The van der Waals surface area contributed by atoms with Crippen LogP contribution in [0.4, 0.5) is 0 Å². The van der Waals surface area contributed by atoms with E-state index in [1.165, 1.54) is 0 Å². The van der Waals surface area contributed by atoms with Crippen LogP contribution in [0.15, 0.2) is 38.6 Å². The Hall–Kier alpha value is -0.460. The fourth-order valence-corrected chi connectivity index (χ4v) is 3.25. The largest absolute Gasteiger partial charge is 0.304 e. The molecule has 1 heterocycles. The third-order valence-corrected chi connectivity index (χ3v) is 4.84. The van der Waals surface area contributed by atoms with Crippen molar-refractivity contribution in [2.75, 3.05) is 12.3 Å². The summed E-state index contributed by atoms with van der Waals surface area (Å²) < 4.78 is 1.04. The van der Waals surface area contributed by atoms with Gasteiger partial charge in [0, 0.05) is 15.1 Å². The monoisotopic (exact) mass is 344 g/mol. The number of amidine groups is 1. The molecule has 0 fully saturated rings. The number of rotatable bonds is 3. The lowest BCUT2D eigenvalue weighted by Crippen LogP contribution is -2.33. The lowest BCUT2D eigenvalue weighted by atomic mass is 10.4. The lowest BCUT2D eigenvalue weighted by molar-refractivity contribution is -0.118. The molecule has 0 saturated heterocycles. The van der Waals surface area contributed by atoms with Crippen molar-refractivity contribution in [3.63, 3.8) is 0 Å². The van der Waals surface area contributed by atoms with E-state index in [1.54, 1.807) is 23.5 Å². The Morgan fingerprint density at radius 1 is 1.50 bits per heavy atom. The normalized spacial score (nSPS) is 16.2. The predicted molar refractivity (Wildman–Crippen MR) is 82.4 cm³/mol. The van der Waals surface area contributed by atoms with Crippen LogP contribution < -0.4 is 5.32 Å². The number of nitrogens with one attached hydrogen (secondary N) is 1. The first-order valence-electron chi connectivity index (χ1n) is 5.55. The number of thioether (sulfide) groups is 2. The molecular weight excluding hydrogens is 332 g/mol. The van der Waals surface area contributed by atoms with Crippen LogP contribution in [0.5, 0.6) is 0 Å². The van der Waals surface area contributed by atoms with E-state index in [9.17, 15) is 4.79 Å². The Bertz CT molecular complexity index is 462. The Kier molecular flexibility index (Phi) is 5.14. The molecule has 1 aliphatic heterocycles. The Morgan fingerprint density at radius 2 is 2.22 bits per heavy atom. The van der Waals surface area contributed by atoms with Gasteiger partial charge in [0.25, 0.3) is 0 Å². The van der Waals surface area contributed by atoms with Gasteiger partial charge in [-0.1, -0.05) is 27.7 Å². The standard InChI is InChI=1S/C12H13BrN2OS2/c1-8(11(16)15-12-14-6-7-17-12)18-10-4-2-9(13)3-5-10/h2-5,8H,6-7H2,1H3,(H,14,15,16). The number of carbonyl (C=O) groups excluding carboxylic acids is 1. The van der Waals surface area contributed by atoms with Crippen LogP contribution in [0.25, 0.3) is 0 Å². The number of hydrogen-bond donors (Lipinski definition) is 1. The molecule has 0 aliphatic carbocycles. The Balaban J connectivity index is 1.88. The quantitative estimate of drug-likeness (QED) is 0.856. The average molecular weight is 345 g/mol. The molecule has 18 heavy (non-hydrogen) atoms. The number of carbonyl (C=O) groups is 1. The predicted octanol–water partition coefficient (Wildman–Crippen LogP) is 3.15. The van der Waals surface area contributed by atoms with Crippen LogP contribution in [0.1, 0.15) is 6.92 Å². The van der Waals surface area contributed by atoms with Crippen molar-refractivity contribution in [1.82, 2.24) is 5.32 Å². The van der Waals surface area contributed by atoms with Gasteiger partial charge in [0.2, 0.25) is 5.91 Å². The van der Waals surface area contributed by atoms with E-state index in [0.717, 1.165) is 26.8 Å². The molecule has 0 radical (unpaired) electrons. The maximum Gasteiger partial charge on any atom is 0.239 e. The van der Waals surface area contributed by atoms with Crippen molar-refractivity contribution < 1.29 is 4.79 Å². The Morgan fingerprint density at radius 3 is 2.83 bits per heavy atom. The zero-order valence-electron chi connectivity index (χ0n) is 9.85. The SMILES string of the molecule is CC(Sc1ccc(Br)cc1)C(=O)NC1=NCCS1. The molecule has 1 atom stereocenters. The zero-order chi connectivity index (χ0) is 13.0. The summed E-state index contributed by atoms with van der Waals surface area (Å²) in [5, 5.41) is 3.48. The summed E-state index contributed by atoms with van der Waals surface area (Å²) >= 11 is 6.54. The van der Waals surface area contributed by atoms with Gasteiger partial charge in [-0.25, -0.2) is 0 Å². The molecule has 0 bridgehead atoms. The van der Waals surface area contributed by atoms with E-state index < -0.39 is 0 Å². The molecule has 6 heteroatoms. The highest BCUT2D eigenvalue weighted by Gasteiger charge is 2.17. The topological polar surface area (TPSA) is 41.5 Å². The minimum absolute atomic E-state index is 0.0102. The van der Waals surface area contributed by atoms with Crippen LogP contribution in [0, 0.1) is 0 Å². The van der Waals surface area contributed by atoms with Gasteiger partial charge >= 0.3 is 0 Å². The van der Waals surface area contributed by atoms with Gasteiger partial charge < -0.3 is 5.32 Å². The van der Waals surface area contributed by atoms with Crippen molar-refractivity contribution in [3.8, 4) is 0 Å². The summed E-state index contributed by atoms with van der Waals surface area (Å²) in [5.41, 5.74) is 0. The van der Waals surface area contributed by atoms with Crippen molar-refractivity contribution in [2.45, 2.75) is 17.1 Å². The van der Waals surface area contributed by atoms with E-state index in [2.05, 4.69) is 26.2 Å². The second-order valence-corrected chi connectivity index (χ2v) is 7.15. The number of hydrogen-bond acceptors (Lipinski definition) is 4. The maximum atomic E-state index is 11.9. The maximum absolute atomic E-state index is 11.9. The molecule has 1 aromatic carbocycles. The van der Waals surface area contributed by atoms with E-state index in [1.807, 2.05) is 31.2 Å². The summed E-state index contributed by atoms with van der Waals surface area (Å²) in [7, 11) is 0. The molecule has 3 nitrogen and oxygen atoms in total. The third kappa shape index (κ3) is 4.03. The third-order valence-electron chi connectivity index (χ3n) is 2.31. The highest BCUT2D eigenvalue weighted by molar-refractivity contribution is 9.10. The number of nitrogens with zero attached hydrogens (tertiary/aromatic N) is 1. The number of halogens is 1. The van der Waals surface area contributed by atoms with Crippen molar-refractivity contribution in [3.05, 3.63) is 28.7 Å². The van der Waals surface area contributed by atoms with E-state index in [0.29, 0.717) is 0 Å². The fourth-order valence-electron chi connectivity index (χ4n) is 1.39. The summed E-state index contributed by atoms with van der Waals surface area (Å²) in [6, 6.07) is 7.95. The van der Waals surface area contributed by atoms with Crippen molar-refractivity contribution in [2.24, 2.45) is 4.99 Å². The molecule has 1 unspecified atom stereocenters. The second-order valence-electron chi connectivity index (χ2n) is 3.74. The highest BCUT2D eigenvalue weighted by atomic mass is 79.9. The van der Waals surface area contributed by atoms with Crippen LogP contribution in [0.2, 0.25) is 0 Å². The molecule has 2 rings (SSSR count). The average Bonchev–Trinajstić information content (AvgIpc) is 2.85. The molecule has 0 spiro atoms. The fraction of sp³-hybridized carbons (Fsp3) is 0.333. The van der Waals surface area contributed by atoms with Gasteiger partial charge in [-0.2, -0.15) is 0 Å². The first-order valence-corrected chi connectivity index (χ1v) is 8.21. The second kappa shape index (κ2) is 6.63. The number of amides is 1. The zero-order valence-corrected chi connectivity index (χ0v) is 13.1. The van der Waals surface area contributed by atoms with Crippen LogP contribution >= 0.6 is 39.5 Å². The van der Waals surface area contributed by atoms with Crippen molar-refractivity contribution >= 4 is 50.5 Å². The van der Waals surface area contributed by atoms with Gasteiger partial charge in [0.1, 0.15) is 0 Å². The Labute approximate surface area is 123 Å². The van der Waals surface area contributed by atoms with E-state index in [4.69, 9.17) is 0 Å². The summed E-state index contributed by atoms with van der Waals surface area (Å²) in [6.07, 6.45) is 0. The summed E-state index contributed by atoms with van der Waals surface area (Å²) in [5.74, 6) is 0.972. The summed E-state index contributed by atoms with van der Waals surface area (Å²) in [4.78, 5) is 17.2. The van der Waals surface area contributed by atoms with Gasteiger partial charge in [-0.3, -0.25) is 9.79 Å². The molecular formula is C12H13BrN2OS2. The number of aliphatic imine (C=N–C) groups is 1. The minimum Gasteiger partial charge on any atom is -0.304 e. The molecule has 0 saturated carbocycles. The van der Waals surface area contributed by atoms with E-state index in [-0.39, 0.29) is 11.2 Å². The molecule has 1 amide bonds. The molecule has 1 aliphatic rings. The van der Waals surface area contributed by atoms with Crippen LogP contribution in [0.3, 0.4) is 0 Å². The van der Waals surface area contributed by atoms with Gasteiger partial charge in [0.15, 0.2) is 5.17 Å². The van der Waals surface area contributed by atoms with Crippen LogP contribution in [-0.2, 0) is 4.79 Å². The van der Waals surface area contributed by atoms with Gasteiger partial charge in [0.05, 0.1) is 11.8 Å². The minimum atomic E-state index is -0.130. The van der Waals surface area contributed by atoms with Gasteiger partial charge in [-0.05, 0) is 31.2 Å². The van der Waals surface area contributed by atoms with Gasteiger partial charge in [-0.15, -0.1) is 11.8 Å². The molecule has 0 aromatic heterocycles. The van der Waals surface area contributed by atoms with E-state index >= 15 is 0 Å². The van der Waals surface area contributed by atoms with Crippen LogP contribution in [-0.4, -0.2) is 28.6 Å². The number of benzene rings is 1. The van der Waals surface area contributed by atoms with Crippen molar-refractivity contribution in [1.29, 1.82) is 0 Å². The first-order chi connectivity index (χ1) is 8.65. The molecule has 96 valence electrons. The first kappa shape index (κ1) is 14.0. The summed E-state index contributed by atoms with van der Waals surface area (Å²) in [6.45, 7) is 2.71. The smallest absolute Gasteiger partial charge is 0.239 e. The molecule has 1 aromatic rings. The lowest BCUT2D eigenvalue weighted by Gasteiger charge is -2.11. The highest BCUT2D eigenvalue weighted by Crippen LogP contribution is 2.25. The molecule has 1 N–H and O–H groups in total.